The van der Waals surface area contributed by atoms with Crippen LogP contribution in [0.2, 0.25) is 0 Å². The molecule has 3 aromatic rings. The predicted octanol–water partition coefficient (Wildman–Crippen LogP) is 3.98. The molecular formula is C19H17BrFN3O. The summed E-state index contributed by atoms with van der Waals surface area (Å²) in [4.78, 5) is 12.4. The molecule has 1 heterocycles. The van der Waals surface area contributed by atoms with Gasteiger partial charge in [0.1, 0.15) is 11.9 Å². The van der Waals surface area contributed by atoms with Crippen LogP contribution in [-0.2, 0) is 11.2 Å². The van der Waals surface area contributed by atoms with Crippen LogP contribution < -0.4 is 5.32 Å². The van der Waals surface area contributed by atoms with E-state index in [1.54, 1.807) is 36.1 Å². The van der Waals surface area contributed by atoms with E-state index in [4.69, 9.17) is 0 Å². The van der Waals surface area contributed by atoms with Crippen molar-refractivity contribution in [2.45, 2.75) is 12.5 Å². The first kappa shape index (κ1) is 17.4. The summed E-state index contributed by atoms with van der Waals surface area (Å²) in [7, 11) is 1.60. The van der Waals surface area contributed by atoms with E-state index >= 15 is 0 Å². The van der Waals surface area contributed by atoms with Gasteiger partial charge in [-0.25, -0.2) is 4.39 Å². The van der Waals surface area contributed by atoms with Crippen molar-refractivity contribution in [3.05, 3.63) is 76.6 Å². The molecule has 0 radical (unpaired) electrons. The Labute approximate surface area is 153 Å². The van der Waals surface area contributed by atoms with Crippen LogP contribution >= 0.6 is 15.9 Å². The summed E-state index contributed by atoms with van der Waals surface area (Å²) in [6.07, 6.45) is 2.25. The molecule has 4 nitrogen and oxygen atoms in total. The third kappa shape index (κ3) is 4.14. The van der Waals surface area contributed by atoms with Gasteiger partial charge in [-0.1, -0.05) is 40.2 Å². The van der Waals surface area contributed by atoms with Crippen LogP contribution in [0.1, 0.15) is 11.6 Å². The molecule has 1 aromatic heterocycles. The average molecular weight is 402 g/mol. The summed E-state index contributed by atoms with van der Waals surface area (Å²) in [5.41, 5.74) is 2.32. The zero-order valence-electron chi connectivity index (χ0n) is 13.6. The van der Waals surface area contributed by atoms with E-state index in [9.17, 15) is 9.18 Å². The molecule has 0 spiro atoms. The first-order valence-electron chi connectivity index (χ1n) is 7.84. The zero-order valence-corrected chi connectivity index (χ0v) is 15.2. The van der Waals surface area contributed by atoms with Gasteiger partial charge in [0.05, 0.1) is 5.69 Å². The molecule has 1 N–H and O–H groups in total. The van der Waals surface area contributed by atoms with Crippen LogP contribution in [0.5, 0.6) is 0 Å². The lowest BCUT2D eigenvalue weighted by molar-refractivity contribution is -0.124. The lowest BCUT2D eigenvalue weighted by atomic mass is 10.1. The van der Waals surface area contributed by atoms with Gasteiger partial charge in [-0.2, -0.15) is 5.10 Å². The molecule has 2 aromatic carbocycles. The van der Waals surface area contributed by atoms with Crippen molar-refractivity contribution < 1.29 is 9.18 Å². The smallest absolute Gasteiger partial charge is 0.244 e. The van der Waals surface area contributed by atoms with Gasteiger partial charge < -0.3 is 5.32 Å². The molecule has 128 valence electrons. The Morgan fingerprint density at radius 3 is 2.76 bits per heavy atom. The molecule has 1 amide bonds. The number of hydrogen-bond acceptors (Lipinski definition) is 2. The van der Waals surface area contributed by atoms with Gasteiger partial charge >= 0.3 is 0 Å². The lowest BCUT2D eigenvalue weighted by Crippen LogP contribution is -2.31. The molecule has 0 aliphatic rings. The highest BCUT2D eigenvalue weighted by Gasteiger charge is 2.21. The summed E-state index contributed by atoms with van der Waals surface area (Å²) in [6, 6.07) is 15.4. The molecule has 1 unspecified atom stereocenters. The molecule has 6 heteroatoms. The first-order chi connectivity index (χ1) is 12.1. The highest BCUT2D eigenvalue weighted by atomic mass is 79.9. The van der Waals surface area contributed by atoms with E-state index < -0.39 is 6.04 Å². The topological polar surface area (TPSA) is 46.9 Å². The molecule has 0 bridgehead atoms. The molecule has 0 saturated heterocycles. The van der Waals surface area contributed by atoms with Crippen molar-refractivity contribution in [2.75, 3.05) is 7.05 Å². The third-order valence-electron chi connectivity index (χ3n) is 3.92. The molecule has 0 aliphatic heterocycles. The summed E-state index contributed by atoms with van der Waals surface area (Å²) < 4.78 is 16.0. The van der Waals surface area contributed by atoms with Crippen molar-refractivity contribution in [3.8, 4) is 11.3 Å². The number of nitrogens with one attached hydrogen (secondary N) is 1. The summed E-state index contributed by atoms with van der Waals surface area (Å²) in [5.74, 6) is -0.446. The number of benzene rings is 2. The molecular weight excluding hydrogens is 385 g/mol. The summed E-state index contributed by atoms with van der Waals surface area (Å²) in [6.45, 7) is 0. The number of likely N-dealkylation sites (N-methyl/N-ethyl adjacent to an activating group) is 1. The van der Waals surface area contributed by atoms with Gasteiger partial charge in [0.15, 0.2) is 0 Å². The second-order valence-electron chi connectivity index (χ2n) is 5.66. The molecule has 1 atom stereocenters. The Bertz CT molecular complexity index is 894. The van der Waals surface area contributed by atoms with E-state index in [1.807, 2.05) is 24.3 Å². The third-order valence-corrected chi connectivity index (χ3v) is 4.41. The zero-order chi connectivity index (χ0) is 17.8. The lowest BCUT2D eigenvalue weighted by Gasteiger charge is -2.16. The number of rotatable bonds is 5. The maximum atomic E-state index is 13.4. The van der Waals surface area contributed by atoms with Crippen LogP contribution in [0.25, 0.3) is 11.3 Å². The van der Waals surface area contributed by atoms with Crippen molar-refractivity contribution in [2.24, 2.45) is 0 Å². The highest BCUT2D eigenvalue weighted by molar-refractivity contribution is 9.10. The number of nitrogens with zero attached hydrogens (tertiary/aromatic N) is 2. The predicted molar refractivity (Wildman–Crippen MR) is 98.6 cm³/mol. The second-order valence-corrected chi connectivity index (χ2v) is 6.57. The minimum absolute atomic E-state index is 0.131. The maximum absolute atomic E-state index is 13.4. The normalized spacial score (nSPS) is 12.0. The van der Waals surface area contributed by atoms with Crippen molar-refractivity contribution in [1.29, 1.82) is 0 Å². The van der Waals surface area contributed by atoms with Gasteiger partial charge in [0.2, 0.25) is 5.91 Å². The number of hydrogen-bond donors (Lipinski definition) is 1. The van der Waals surface area contributed by atoms with Crippen LogP contribution in [0.4, 0.5) is 4.39 Å². The van der Waals surface area contributed by atoms with Crippen molar-refractivity contribution in [1.82, 2.24) is 15.1 Å². The standard InChI is InChI=1S/C19H17BrFN3O/c1-22-19(25)18(11-13-4-2-6-15(20)10-13)24-9-8-17(23-24)14-5-3-7-16(21)12-14/h2-10,12,18H,11H2,1H3,(H,22,25). The fourth-order valence-corrected chi connectivity index (χ4v) is 3.12. The number of aromatic nitrogens is 2. The van der Waals surface area contributed by atoms with Gasteiger partial charge in [-0.3, -0.25) is 9.48 Å². The molecule has 3 rings (SSSR count). The van der Waals surface area contributed by atoms with E-state index in [0.29, 0.717) is 17.7 Å². The highest BCUT2D eigenvalue weighted by Crippen LogP contribution is 2.22. The fraction of sp³-hybridized carbons (Fsp3) is 0.158. The number of amides is 1. The fourth-order valence-electron chi connectivity index (χ4n) is 2.67. The van der Waals surface area contributed by atoms with Gasteiger partial charge in [0, 0.05) is 29.7 Å². The summed E-state index contributed by atoms with van der Waals surface area (Å²) in [5, 5.41) is 7.17. The van der Waals surface area contributed by atoms with Crippen LogP contribution in [0.3, 0.4) is 0 Å². The van der Waals surface area contributed by atoms with Crippen LogP contribution in [0, 0.1) is 5.82 Å². The minimum Gasteiger partial charge on any atom is -0.357 e. The Kier molecular flexibility index (Phi) is 5.28. The Hall–Kier alpha value is -2.47. The largest absolute Gasteiger partial charge is 0.357 e. The number of carbonyl (C=O) groups is 1. The monoisotopic (exact) mass is 401 g/mol. The Balaban J connectivity index is 1.91. The van der Waals surface area contributed by atoms with Crippen LogP contribution in [-0.4, -0.2) is 22.7 Å². The van der Waals surface area contributed by atoms with Gasteiger partial charge in [0.25, 0.3) is 0 Å². The Morgan fingerprint density at radius 2 is 2.04 bits per heavy atom. The number of halogens is 2. The van der Waals surface area contributed by atoms with Crippen molar-refractivity contribution >= 4 is 21.8 Å². The first-order valence-corrected chi connectivity index (χ1v) is 8.63. The number of carbonyl (C=O) groups excluding carboxylic acids is 1. The van der Waals surface area contributed by atoms with Gasteiger partial charge in [-0.15, -0.1) is 0 Å². The second kappa shape index (κ2) is 7.61. The van der Waals surface area contributed by atoms with Crippen molar-refractivity contribution in [3.63, 3.8) is 0 Å². The van der Waals surface area contributed by atoms with E-state index in [0.717, 1.165) is 10.0 Å². The average Bonchev–Trinajstić information content (AvgIpc) is 3.09. The summed E-state index contributed by atoms with van der Waals surface area (Å²) >= 11 is 3.45. The van der Waals surface area contributed by atoms with E-state index in [1.165, 1.54) is 12.1 Å². The van der Waals surface area contributed by atoms with E-state index in [-0.39, 0.29) is 11.7 Å². The quantitative estimate of drug-likeness (QED) is 0.702. The Morgan fingerprint density at radius 1 is 1.24 bits per heavy atom. The van der Waals surface area contributed by atoms with Crippen LogP contribution in [0.15, 0.2) is 65.3 Å². The molecule has 25 heavy (non-hydrogen) atoms. The maximum Gasteiger partial charge on any atom is 0.244 e. The molecule has 0 aliphatic carbocycles. The molecule has 0 saturated carbocycles. The molecule has 0 fully saturated rings. The minimum atomic E-state index is -0.485. The van der Waals surface area contributed by atoms with Gasteiger partial charge in [-0.05, 0) is 35.9 Å². The SMILES string of the molecule is CNC(=O)C(Cc1cccc(Br)c1)n1ccc(-c2cccc(F)c2)n1. The van der Waals surface area contributed by atoms with E-state index in [2.05, 4.69) is 26.3 Å².